The van der Waals surface area contributed by atoms with Crippen molar-refractivity contribution in [1.29, 1.82) is 0 Å². The number of hydrogen-bond acceptors (Lipinski definition) is 6. The van der Waals surface area contributed by atoms with Crippen molar-refractivity contribution in [2.45, 2.75) is 33.4 Å². The summed E-state index contributed by atoms with van der Waals surface area (Å²) in [6, 6.07) is 9.50. The van der Waals surface area contributed by atoms with Gasteiger partial charge in [0.1, 0.15) is 12.7 Å². The normalized spacial score (nSPS) is 15.3. The summed E-state index contributed by atoms with van der Waals surface area (Å²) in [6.45, 7) is 6.23. The van der Waals surface area contributed by atoms with Gasteiger partial charge in [-0.3, -0.25) is 0 Å². The minimum Gasteiger partial charge on any atom is -0.483 e. The van der Waals surface area contributed by atoms with E-state index in [0.29, 0.717) is 0 Å². The Labute approximate surface area is 157 Å². The van der Waals surface area contributed by atoms with Crippen LogP contribution in [0.5, 0.6) is 11.5 Å². The number of nitrogens with zero attached hydrogens (tertiary/aromatic N) is 1. The van der Waals surface area contributed by atoms with Gasteiger partial charge in [-0.25, -0.2) is 9.59 Å². The predicted octanol–water partition coefficient (Wildman–Crippen LogP) is 3.05. The SMILES string of the molecule is CCOC(=O)c1c2c(c(C(=O)OCC)n1Cc1ccccc1)OC(C)CO2. The number of aromatic nitrogens is 1. The average Bonchev–Trinajstić information content (AvgIpc) is 2.96. The first-order chi connectivity index (χ1) is 13.1. The molecular formula is C20H23NO6. The lowest BCUT2D eigenvalue weighted by atomic mass is 10.2. The van der Waals surface area contributed by atoms with Crippen molar-refractivity contribution >= 4 is 11.9 Å². The van der Waals surface area contributed by atoms with E-state index in [1.165, 1.54) is 0 Å². The lowest BCUT2D eigenvalue weighted by Crippen LogP contribution is -2.26. The Morgan fingerprint density at radius 3 is 2.22 bits per heavy atom. The molecule has 1 aliphatic rings. The smallest absolute Gasteiger partial charge is 0.359 e. The molecule has 0 N–H and O–H groups in total. The Balaban J connectivity index is 2.19. The van der Waals surface area contributed by atoms with Crippen molar-refractivity contribution in [3.63, 3.8) is 0 Å². The molecule has 2 aromatic rings. The maximum Gasteiger partial charge on any atom is 0.359 e. The van der Waals surface area contributed by atoms with Crippen molar-refractivity contribution < 1.29 is 28.5 Å². The molecule has 1 atom stereocenters. The second-order valence-corrected chi connectivity index (χ2v) is 6.11. The van der Waals surface area contributed by atoms with Gasteiger partial charge in [0.15, 0.2) is 22.9 Å². The van der Waals surface area contributed by atoms with Crippen LogP contribution >= 0.6 is 0 Å². The molecule has 3 rings (SSSR count). The van der Waals surface area contributed by atoms with Gasteiger partial charge in [-0.15, -0.1) is 0 Å². The summed E-state index contributed by atoms with van der Waals surface area (Å²) in [5.41, 5.74) is 1.23. The first-order valence-electron chi connectivity index (χ1n) is 9.00. The lowest BCUT2D eigenvalue weighted by Gasteiger charge is -2.22. The number of hydrogen-bond donors (Lipinski definition) is 0. The Bertz CT molecular complexity index is 827. The van der Waals surface area contributed by atoms with E-state index in [4.69, 9.17) is 18.9 Å². The first-order valence-corrected chi connectivity index (χ1v) is 9.00. The van der Waals surface area contributed by atoms with E-state index in [0.717, 1.165) is 5.56 Å². The van der Waals surface area contributed by atoms with Gasteiger partial charge in [-0.2, -0.15) is 0 Å². The molecule has 1 aromatic carbocycles. The van der Waals surface area contributed by atoms with Gasteiger partial charge >= 0.3 is 11.9 Å². The zero-order valence-corrected chi connectivity index (χ0v) is 15.7. The second kappa shape index (κ2) is 8.16. The monoisotopic (exact) mass is 373 g/mol. The largest absolute Gasteiger partial charge is 0.483 e. The zero-order chi connectivity index (χ0) is 19.4. The van der Waals surface area contributed by atoms with Crippen molar-refractivity contribution in [3.05, 3.63) is 47.3 Å². The van der Waals surface area contributed by atoms with Gasteiger partial charge in [0.2, 0.25) is 0 Å². The van der Waals surface area contributed by atoms with Crippen LogP contribution in [0.3, 0.4) is 0 Å². The Hall–Kier alpha value is -2.96. The maximum absolute atomic E-state index is 12.7. The fourth-order valence-electron chi connectivity index (χ4n) is 2.98. The molecule has 0 spiro atoms. The van der Waals surface area contributed by atoms with E-state index in [2.05, 4.69) is 0 Å². The third-order valence-electron chi connectivity index (χ3n) is 4.08. The number of ether oxygens (including phenoxy) is 4. The minimum atomic E-state index is -0.571. The molecule has 1 aromatic heterocycles. The summed E-state index contributed by atoms with van der Waals surface area (Å²) in [6.07, 6.45) is -0.256. The minimum absolute atomic E-state index is 0.158. The molecule has 0 saturated heterocycles. The molecule has 0 radical (unpaired) electrons. The number of rotatable bonds is 6. The summed E-state index contributed by atoms with van der Waals surface area (Å²) in [5.74, 6) is -0.687. The fourth-order valence-corrected chi connectivity index (χ4v) is 2.98. The highest BCUT2D eigenvalue weighted by Gasteiger charge is 2.37. The summed E-state index contributed by atoms with van der Waals surface area (Å²) in [7, 11) is 0. The van der Waals surface area contributed by atoms with Crippen LogP contribution in [-0.2, 0) is 16.0 Å². The summed E-state index contributed by atoms with van der Waals surface area (Å²) >= 11 is 0. The zero-order valence-electron chi connectivity index (χ0n) is 15.7. The van der Waals surface area contributed by atoms with Gasteiger partial charge < -0.3 is 23.5 Å². The molecule has 7 nitrogen and oxygen atoms in total. The van der Waals surface area contributed by atoms with Crippen molar-refractivity contribution in [3.8, 4) is 11.5 Å². The molecule has 0 amide bonds. The Morgan fingerprint density at radius 2 is 1.63 bits per heavy atom. The molecule has 144 valence electrons. The second-order valence-electron chi connectivity index (χ2n) is 6.11. The van der Waals surface area contributed by atoms with E-state index in [-0.39, 0.29) is 55.4 Å². The van der Waals surface area contributed by atoms with Gasteiger partial charge in [0.05, 0.1) is 13.2 Å². The standard InChI is InChI=1S/C20H23NO6/c1-4-24-19(22)15-17-18(27-13(3)12-26-17)16(20(23)25-5-2)21(15)11-14-9-7-6-8-10-14/h6-10,13H,4-5,11-12H2,1-3H3. The van der Waals surface area contributed by atoms with Crippen LogP contribution < -0.4 is 9.47 Å². The highest BCUT2D eigenvalue weighted by atomic mass is 16.6. The third-order valence-corrected chi connectivity index (χ3v) is 4.08. The van der Waals surface area contributed by atoms with Crippen LogP contribution in [0.25, 0.3) is 0 Å². The van der Waals surface area contributed by atoms with E-state index in [9.17, 15) is 9.59 Å². The third kappa shape index (κ3) is 3.77. The average molecular weight is 373 g/mol. The maximum atomic E-state index is 12.7. The molecule has 27 heavy (non-hydrogen) atoms. The van der Waals surface area contributed by atoms with Crippen LogP contribution in [0.2, 0.25) is 0 Å². The molecule has 1 unspecified atom stereocenters. The van der Waals surface area contributed by atoms with E-state index in [1.807, 2.05) is 37.3 Å². The van der Waals surface area contributed by atoms with Crippen molar-refractivity contribution in [2.75, 3.05) is 19.8 Å². The van der Waals surface area contributed by atoms with Crippen LogP contribution in [0.15, 0.2) is 30.3 Å². The molecular weight excluding hydrogens is 350 g/mol. The van der Waals surface area contributed by atoms with Crippen molar-refractivity contribution in [2.24, 2.45) is 0 Å². The summed E-state index contributed by atoms with van der Waals surface area (Å²) < 4.78 is 23.6. The van der Waals surface area contributed by atoms with Crippen LogP contribution in [0.4, 0.5) is 0 Å². The van der Waals surface area contributed by atoms with Gasteiger partial charge in [0, 0.05) is 6.54 Å². The lowest BCUT2D eigenvalue weighted by molar-refractivity contribution is 0.0492. The van der Waals surface area contributed by atoms with Crippen LogP contribution in [-0.4, -0.2) is 42.4 Å². The number of carbonyl (C=O) groups excluding carboxylic acids is 2. The molecule has 7 heteroatoms. The van der Waals surface area contributed by atoms with E-state index < -0.39 is 11.9 Å². The number of carbonyl (C=O) groups is 2. The molecule has 0 saturated carbocycles. The summed E-state index contributed by atoms with van der Waals surface area (Å²) in [5, 5.41) is 0. The highest BCUT2D eigenvalue weighted by molar-refractivity contribution is 6.00. The number of benzene rings is 1. The quantitative estimate of drug-likeness (QED) is 0.725. The topological polar surface area (TPSA) is 76.0 Å². The molecule has 2 heterocycles. The Morgan fingerprint density at radius 1 is 1.04 bits per heavy atom. The molecule has 1 aliphatic heterocycles. The van der Waals surface area contributed by atoms with Gasteiger partial charge in [-0.05, 0) is 26.3 Å². The molecule has 0 aliphatic carbocycles. The molecule has 0 fully saturated rings. The van der Waals surface area contributed by atoms with Crippen molar-refractivity contribution in [1.82, 2.24) is 4.57 Å². The first kappa shape index (κ1) is 18.8. The van der Waals surface area contributed by atoms with Crippen LogP contribution in [0.1, 0.15) is 47.3 Å². The fraction of sp³-hybridized carbons (Fsp3) is 0.400. The number of esters is 2. The molecule has 0 bridgehead atoms. The van der Waals surface area contributed by atoms with Crippen LogP contribution in [0, 0.1) is 0 Å². The van der Waals surface area contributed by atoms with Gasteiger partial charge in [-0.1, -0.05) is 30.3 Å². The van der Waals surface area contributed by atoms with Gasteiger partial charge in [0.25, 0.3) is 0 Å². The Kier molecular flexibility index (Phi) is 5.69. The summed E-state index contributed by atoms with van der Waals surface area (Å²) in [4.78, 5) is 25.4. The highest BCUT2D eigenvalue weighted by Crippen LogP contribution is 2.42. The predicted molar refractivity (Wildman–Crippen MR) is 97.5 cm³/mol. The number of fused-ring (bicyclic) bond motifs is 1. The van der Waals surface area contributed by atoms with E-state index >= 15 is 0 Å². The van der Waals surface area contributed by atoms with E-state index in [1.54, 1.807) is 18.4 Å².